The van der Waals surface area contributed by atoms with Crippen molar-refractivity contribution in [1.82, 2.24) is 4.90 Å². The summed E-state index contributed by atoms with van der Waals surface area (Å²) in [6.07, 6.45) is 4.62. The summed E-state index contributed by atoms with van der Waals surface area (Å²) in [5, 5.41) is 1.26. The smallest absolute Gasteiger partial charge is 0.285 e. The van der Waals surface area contributed by atoms with Crippen molar-refractivity contribution in [1.29, 1.82) is 0 Å². The molecule has 1 amide bonds. The Labute approximate surface area is 117 Å². The Hall–Kier alpha value is -1.42. The van der Waals surface area contributed by atoms with Gasteiger partial charge >= 0.3 is 0 Å². The van der Waals surface area contributed by atoms with Crippen molar-refractivity contribution in [2.24, 2.45) is 0 Å². The van der Waals surface area contributed by atoms with Gasteiger partial charge in [0.15, 0.2) is 0 Å². The molecule has 19 heavy (non-hydrogen) atoms. The minimum Gasteiger partial charge on any atom is -0.461 e. The first-order chi connectivity index (χ1) is 9.15. The van der Waals surface area contributed by atoms with Crippen molar-refractivity contribution in [2.45, 2.75) is 30.6 Å². The molecule has 0 saturated carbocycles. The third-order valence-electron chi connectivity index (χ3n) is 3.50. The molecule has 2 aromatic rings. The lowest BCUT2D eigenvalue weighted by molar-refractivity contribution is 0.241. The van der Waals surface area contributed by atoms with Gasteiger partial charge < -0.3 is 9.32 Å². The molecule has 0 saturated heterocycles. The molecule has 1 aromatic carbocycles. The van der Waals surface area contributed by atoms with Gasteiger partial charge in [0.2, 0.25) is 0 Å². The highest BCUT2D eigenvalue weighted by Gasteiger charge is 2.18. The monoisotopic (exact) mass is 275 g/mol. The van der Waals surface area contributed by atoms with Crippen molar-refractivity contribution in [3.8, 4) is 0 Å². The second-order valence-electron chi connectivity index (χ2n) is 5.13. The maximum Gasteiger partial charge on any atom is 0.285 e. The van der Waals surface area contributed by atoms with Crippen LogP contribution in [0.2, 0.25) is 0 Å². The number of fused-ring (bicyclic) bond motifs is 3. The van der Waals surface area contributed by atoms with E-state index in [1.165, 1.54) is 35.6 Å². The van der Waals surface area contributed by atoms with Gasteiger partial charge in [-0.1, -0.05) is 0 Å². The number of aryl methyl sites for hydroxylation is 2. The van der Waals surface area contributed by atoms with Crippen molar-refractivity contribution >= 4 is 28.0 Å². The SMILES string of the molecule is CN(C)C(=O)Sc1ccc2c3c(oc2c1)CCCC3. The van der Waals surface area contributed by atoms with Gasteiger partial charge in [0.05, 0.1) is 0 Å². The molecule has 0 unspecified atom stereocenters. The highest BCUT2D eigenvalue weighted by molar-refractivity contribution is 8.13. The molecular formula is C15H17NO2S. The highest BCUT2D eigenvalue weighted by atomic mass is 32.2. The van der Waals surface area contributed by atoms with E-state index in [0.717, 1.165) is 29.1 Å². The number of benzene rings is 1. The van der Waals surface area contributed by atoms with E-state index in [0.29, 0.717) is 0 Å². The van der Waals surface area contributed by atoms with Gasteiger partial charge in [-0.15, -0.1) is 0 Å². The van der Waals surface area contributed by atoms with Crippen LogP contribution in [0.4, 0.5) is 4.79 Å². The van der Waals surface area contributed by atoms with Crippen LogP contribution < -0.4 is 0 Å². The first-order valence-electron chi connectivity index (χ1n) is 6.58. The van der Waals surface area contributed by atoms with Gasteiger partial charge in [-0.25, -0.2) is 0 Å². The van der Waals surface area contributed by atoms with E-state index < -0.39 is 0 Å². The van der Waals surface area contributed by atoms with Crippen molar-refractivity contribution in [2.75, 3.05) is 14.1 Å². The number of nitrogens with zero attached hydrogens (tertiary/aromatic N) is 1. The Morgan fingerprint density at radius 3 is 2.84 bits per heavy atom. The van der Waals surface area contributed by atoms with Crippen LogP contribution in [0.25, 0.3) is 11.0 Å². The summed E-state index contributed by atoms with van der Waals surface area (Å²) in [5.41, 5.74) is 2.29. The second-order valence-corrected chi connectivity index (χ2v) is 6.16. The number of rotatable bonds is 1. The third kappa shape index (κ3) is 2.37. The summed E-state index contributed by atoms with van der Waals surface area (Å²) < 4.78 is 5.93. The number of amides is 1. The molecule has 0 bridgehead atoms. The fourth-order valence-corrected chi connectivity index (χ4v) is 3.19. The molecule has 0 aliphatic heterocycles. The number of carbonyl (C=O) groups excluding carboxylic acids is 1. The zero-order valence-electron chi connectivity index (χ0n) is 11.2. The average Bonchev–Trinajstić information content (AvgIpc) is 2.76. The maximum absolute atomic E-state index is 11.7. The van der Waals surface area contributed by atoms with Crippen LogP contribution in [-0.2, 0) is 12.8 Å². The van der Waals surface area contributed by atoms with Crippen molar-refractivity contribution in [3.05, 3.63) is 29.5 Å². The van der Waals surface area contributed by atoms with Crippen molar-refractivity contribution < 1.29 is 9.21 Å². The van der Waals surface area contributed by atoms with Crippen LogP contribution in [-0.4, -0.2) is 24.2 Å². The molecule has 0 atom stereocenters. The molecule has 3 rings (SSSR count). The largest absolute Gasteiger partial charge is 0.461 e. The molecule has 1 aromatic heterocycles. The first kappa shape index (κ1) is 12.6. The van der Waals surface area contributed by atoms with Gasteiger partial charge in [0.25, 0.3) is 5.24 Å². The zero-order valence-corrected chi connectivity index (χ0v) is 12.0. The minimum absolute atomic E-state index is 0.0377. The minimum atomic E-state index is 0.0377. The summed E-state index contributed by atoms with van der Waals surface area (Å²) in [6, 6.07) is 6.09. The van der Waals surface area contributed by atoms with E-state index in [-0.39, 0.29) is 5.24 Å². The lowest BCUT2D eigenvalue weighted by atomic mass is 9.96. The van der Waals surface area contributed by atoms with E-state index in [1.807, 2.05) is 12.1 Å². The van der Waals surface area contributed by atoms with Gasteiger partial charge in [-0.05, 0) is 49.2 Å². The quantitative estimate of drug-likeness (QED) is 0.735. The van der Waals surface area contributed by atoms with Crippen LogP contribution >= 0.6 is 11.8 Å². The summed E-state index contributed by atoms with van der Waals surface area (Å²) in [5.74, 6) is 1.14. The molecule has 1 aliphatic rings. The predicted octanol–water partition coefficient (Wildman–Crippen LogP) is 4.09. The summed E-state index contributed by atoms with van der Waals surface area (Å²) >= 11 is 1.24. The fourth-order valence-electron chi connectivity index (χ4n) is 2.50. The predicted molar refractivity (Wildman–Crippen MR) is 77.8 cm³/mol. The fraction of sp³-hybridized carbons (Fsp3) is 0.400. The Morgan fingerprint density at radius 2 is 2.05 bits per heavy atom. The third-order valence-corrected chi connectivity index (χ3v) is 4.53. The summed E-state index contributed by atoms with van der Waals surface area (Å²) in [4.78, 5) is 14.2. The normalized spacial score (nSPS) is 14.4. The standard InChI is InChI=1S/C15H17NO2S/c1-16(2)15(17)19-10-7-8-12-11-5-3-4-6-13(11)18-14(12)9-10/h7-9H,3-6H2,1-2H3. The van der Waals surface area contributed by atoms with Gasteiger partial charge in [-0.3, -0.25) is 4.79 Å². The number of furan rings is 1. The Balaban J connectivity index is 1.95. The second kappa shape index (κ2) is 4.93. The van der Waals surface area contributed by atoms with Gasteiger partial charge in [0, 0.05) is 36.4 Å². The van der Waals surface area contributed by atoms with E-state index >= 15 is 0 Å². The van der Waals surface area contributed by atoms with Crippen LogP contribution in [0.1, 0.15) is 24.2 Å². The number of carbonyl (C=O) groups is 1. The summed E-state index contributed by atoms with van der Waals surface area (Å²) in [6.45, 7) is 0. The van der Waals surface area contributed by atoms with E-state index in [1.54, 1.807) is 19.0 Å². The van der Waals surface area contributed by atoms with E-state index in [4.69, 9.17) is 4.42 Å². The molecule has 4 heteroatoms. The molecular weight excluding hydrogens is 258 g/mol. The lowest BCUT2D eigenvalue weighted by Crippen LogP contribution is -2.15. The summed E-state index contributed by atoms with van der Waals surface area (Å²) in [7, 11) is 3.53. The van der Waals surface area contributed by atoms with Crippen LogP contribution in [0.15, 0.2) is 27.5 Å². The Morgan fingerprint density at radius 1 is 1.26 bits per heavy atom. The van der Waals surface area contributed by atoms with Gasteiger partial charge in [0.1, 0.15) is 11.3 Å². The van der Waals surface area contributed by atoms with Crippen LogP contribution in [0.5, 0.6) is 0 Å². The lowest BCUT2D eigenvalue weighted by Gasteiger charge is -2.09. The van der Waals surface area contributed by atoms with Crippen LogP contribution in [0.3, 0.4) is 0 Å². The molecule has 0 spiro atoms. The molecule has 1 aliphatic carbocycles. The average molecular weight is 275 g/mol. The van der Waals surface area contributed by atoms with E-state index in [9.17, 15) is 4.79 Å². The molecule has 0 radical (unpaired) electrons. The van der Waals surface area contributed by atoms with E-state index in [2.05, 4.69) is 6.07 Å². The Kier molecular flexibility index (Phi) is 3.27. The number of hydrogen-bond donors (Lipinski definition) is 0. The molecule has 3 nitrogen and oxygen atoms in total. The first-order valence-corrected chi connectivity index (χ1v) is 7.40. The molecule has 100 valence electrons. The Bertz CT molecular complexity index is 630. The number of hydrogen-bond acceptors (Lipinski definition) is 3. The molecule has 0 N–H and O–H groups in total. The topological polar surface area (TPSA) is 33.5 Å². The van der Waals surface area contributed by atoms with Crippen LogP contribution in [0, 0.1) is 0 Å². The van der Waals surface area contributed by atoms with Crippen molar-refractivity contribution in [3.63, 3.8) is 0 Å². The van der Waals surface area contributed by atoms with Gasteiger partial charge in [-0.2, -0.15) is 0 Å². The maximum atomic E-state index is 11.7. The zero-order chi connectivity index (χ0) is 13.4. The molecule has 1 heterocycles. The highest BCUT2D eigenvalue weighted by Crippen LogP contribution is 2.34. The number of thioether (sulfide) groups is 1. The molecule has 0 fully saturated rings.